The number of carbonyl (C=O) groups excluding carboxylic acids is 1. The van der Waals surface area contributed by atoms with Crippen LogP contribution in [0.3, 0.4) is 0 Å². The Labute approximate surface area is 102 Å². The van der Waals surface area contributed by atoms with Crippen LogP contribution in [0.4, 0.5) is 0 Å². The van der Waals surface area contributed by atoms with E-state index in [-0.39, 0.29) is 29.7 Å². The first-order valence-electron chi connectivity index (χ1n) is 4.67. The van der Waals surface area contributed by atoms with Gasteiger partial charge in [0.25, 0.3) is 0 Å². The molecule has 0 rings (SSSR count). The molecule has 0 aromatic carbocycles. The molecule has 0 aromatic heterocycles. The van der Waals surface area contributed by atoms with Crippen LogP contribution in [0.5, 0.6) is 0 Å². The lowest BCUT2D eigenvalue weighted by molar-refractivity contribution is -0.909. The fourth-order valence-corrected chi connectivity index (χ4v) is 1.19. The van der Waals surface area contributed by atoms with E-state index in [1.54, 1.807) is 19.9 Å². The lowest BCUT2D eigenvalue weighted by Crippen LogP contribution is -3.00. The van der Waals surface area contributed by atoms with Gasteiger partial charge in [0.2, 0.25) is 6.73 Å². The second-order valence-electron chi connectivity index (χ2n) is 4.06. The Balaban J connectivity index is 0. The molecule has 90 valence electrons. The van der Waals surface area contributed by atoms with Gasteiger partial charge in [0, 0.05) is 6.08 Å². The monoisotopic (exact) mass is 281 g/mol. The molecule has 15 heavy (non-hydrogen) atoms. The number of halogens is 1. The smallest absolute Gasteiger partial charge is 0.334 e. The number of esters is 1. The van der Waals surface area contributed by atoms with Crippen LogP contribution in [0, 0.1) is 0 Å². The van der Waals surface area contributed by atoms with E-state index >= 15 is 0 Å². The molecule has 0 saturated carbocycles. The van der Waals surface area contributed by atoms with Crippen molar-refractivity contribution >= 4 is 5.97 Å². The fraction of sp³-hybridized carbons (Fsp3) is 0.700. The van der Waals surface area contributed by atoms with Crippen molar-refractivity contribution in [2.24, 2.45) is 0 Å². The molecular formula is C10H20BrNO3. The highest BCUT2D eigenvalue weighted by molar-refractivity contribution is 5.81. The molecule has 0 fully saturated rings. The van der Waals surface area contributed by atoms with Crippen molar-refractivity contribution in [2.75, 3.05) is 27.4 Å². The Kier molecular flexibility index (Phi) is 8.90. The second-order valence-corrected chi connectivity index (χ2v) is 4.06. The van der Waals surface area contributed by atoms with E-state index in [1.807, 2.05) is 14.1 Å². The molecule has 0 amide bonds. The highest BCUT2D eigenvalue weighted by Gasteiger charge is 2.19. The van der Waals surface area contributed by atoms with Gasteiger partial charge in [-0.05, 0) is 13.8 Å². The largest absolute Gasteiger partial charge is 1.00 e. The molecule has 0 aliphatic carbocycles. The van der Waals surface area contributed by atoms with Gasteiger partial charge in [0.15, 0.2) is 0 Å². The summed E-state index contributed by atoms with van der Waals surface area (Å²) in [5.74, 6) is -0.343. The molecule has 0 aliphatic heterocycles. The first-order valence-corrected chi connectivity index (χ1v) is 4.67. The third-order valence-corrected chi connectivity index (χ3v) is 1.62. The Hall–Kier alpha value is -0.390. The molecule has 0 spiro atoms. The lowest BCUT2D eigenvalue weighted by atomic mass is 10.3. The SMILES string of the molecule is CC=CC(=O)OC[N+](C)(C)CC(C)O.[Br-]. The van der Waals surface area contributed by atoms with Gasteiger partial charge in [0.1, 0.15) is 12.6 Å². The topological polar surface area (TPSA) is 46.5 Å². The average Bonchev–Trinajstić information content (AvgIpc) is 1.99. The van der Waals surface area contributed by atoms with Crippen molar-refractivity contribution in [1.82, 2.24) is 0 Å². The van der Waals surface area contributed by atoms with Gasteiger partial charge in [-0.2, -0.15) is 0 Å². The van der Waals surface area contributed by atoms with Crippen molar-refractivity contribution < 1.29 is 36.1 Å². The van der Waals surface area contributed by atoms with Gasteiger partial charge in [-0.1, -0.05) is 6.08 Å². The first kappa shape index (κ1) is 17.0. The predicted molar refractivity (Wildman–Crippen MR) is 54.4 cm³/mol. The summed E-state index contributed by atoms with van der Waals surface area (Å²) in [5.41, 5.74) is 0. The lowest BCUT2D eigenvalue weighted by Gasteiger charge is -2.29. The molecule has 5 heteroatoms. The molecule has 0 aliphatic rings. The zero-order chi connectivity index (χ0) is 11.2. The van der Waals surface area contributed by atoms with Gasteiger partial charge in [-0.25, -0.2) is 4.79 Å². The number of likely N-dealkylation sites (N-methyl/N-ethyl adjacent to an activating group) is 1. The van der Waals surface area contributed by atoms with Crippen molar-refractivity contribution in [3.8, 4) is 0 Å². The number of rotatable bonds is 5. The van der Waals surface area contributed by atoms with Gasteiger partial charge >= 0.3 is 5.97 Å². The second kappa shape index (κ2) is 7.84. The maximum atomic E-state index is 11.0. The van der Waals surface area contributed by atoms with Crippen molar-refractivity contribution in [2.45, 2.75) is 20.0 Å². The molecule has 0 saturated heterocycles. The molecule has 0 aromatic rings. The van der Waals surface area contributed by atoms with Gasteiger partial charge < -0.3 is 26.8 Å². The van der Waals surface area contributed by atoms with Crippen molar-refractivity contribution in [3.05, 3.63) is 12.2 Å². The van der Waals surface area contributed by atoms with E-state index in [0.29, 0.717) is 11.0 Å². The van der Waals surface area contributed by atoms with E-state index in [4.69, 9.17) is 4.74 Å². The summed E-state index contributed by atoms with van der Waals surface area (Å²) in [6.45, 7) is 4.31. The number of quaternary nitrogens is 1. The number of hydrogen-bond acceptors (Lipinski definition) is 3. The molecule has 0 heterocycles. The normalized spacial score (nSPS) is 13.4. The zero-order valence-electron chi connectivity index (χ0n) is 9.74. The molecule has 0 radical (unpaired) electrons. The van der Waals surface area contributed by atoms with E-state index in [9.17, 15) is 9.90 Å². The third kappa shape index (κ3) is 9.90. The van der Waals surface area contributed by atoms with Gasteiger partial charge in [-0.3, -0.25) is 4.48 Å². The van der Waals surface area contributed by atoms with Crippen LogP contribution in [-0.4, -0.2) is 49.0 Å². The van der Waals surface area contributed by atoms with Crippen LogP contribution in [0.15, 0.2) is 12.2 Å². The number of nitrogens with zero attached hydrogens (tertiary/aromatic N) is 1. The number of aliphatic hydroxyl groups is 1. The number of ether oxygens (including phenoxy) is 1. The minimum Gasteiger partial charge on any atom is -1.00 e. The number of hydrogen-bond donors (Lipinski definition) is 1. The zero-order valence-corrected chi connectivity index (χ0v) is 11.3. The van der Waals surface area contributed by atoms with Crippen LogP contribution in [0.1, 0.15) is 13.8 Å². The summed E-state index contributed by atoms with van der Waals surface area (Å²) in [6, 6.07) is 0. The minimum absolute atomic E-state index is 0. The maximum absolute atomic E-state index is 11.0. The summed E-state index contributed by atoms with van der Waals surface area (Å²) in [6.07, 6.45) is 2.62. The Bertz CT molecular complexity index is 215. The molecule has 1 N–H and O–H groups in total. The van der Waals surface area contributed by atoms with Crippen molar-refractivity contribution in [3.63, 3.8) is 0 Å². The third-order valence-electron chi connectivity index (χ3n) is 1.62. The van der Waals surface area contributed by atoms with E-state index in [2.05, 4.69) is 0 Å². The highest BCUT2D eigenvalue weighted by Crippen LogP contribution is 2.00. The quantitative estimate of drug-likeness (QED) is 0.263. The van der Waals surface area contributed by atoms with Gasteiger partial charge in [-0.15, -0.1) is 0 Å². The van der Waals surface area contributed by atoms with Crippen LogP contribution in [-0.2, 0) is 9.53 Å². The maximum Gasteiger partial charge on any atom is 0.334 e. The summed E-state index contributed by atoms with van der Waals surface area (Å²) in [4.78, 5) is 11.0. The van der Waals surface area contributed by atoms with Crippen LogP contribution < -0.4 is 17.0 Å². The standard InChI is InChI=1S/C10H20NO3.BrH/c1-5-6-10(13)14-8-11(3,4)7-9(2)12;/h5-6,9,12H,7-8H2,1-4H3;1H/q+1;/p-1. The van der Waals surface area contributed by atoms with Crippen molar-refractivity contribution in [1.29, 1.82) is 0 Å². The average molecular weight is 282 g/mol. The predicted octanol–water partition coefficient (Wildman–Crippen LogP) is -2.48. The summed E-state index contributed by atoms with van der Waals surface area (Å²) in [5, 5.41) is 9.19. The molecule has 1 unspecified atom stereocenters. The number of carbonyl (C=O) groups is 1. The van der Waals surface area contributed by atoms with Crippen LogP contribution in [0.2, 0.25) is 0 Å². The fourth-order valence-electron chi connectivity index (χ4n) is 1.19. The molecule has 1 atom stereocenters. The summed E-state index contributed by atoms with van der Waals surface area (Å²) in [7, 11) is 3.80. The summed E-state index contributed by atoms with van der Waals surface area (Å²) >= 11 is 0. The van der Waals surface area contributed by atoms with E-state index in [1.165, 1.54) is 6.08 Å². The van der Waals surface area contributed by atoms with Crippen LogP contribution >= 0.6 is 0 Å². The molecule has 0 bridgehead atoms. The number of allylic oxidation sites excluding steroid dienone is 1. The highest BCUT2D eigenvalue weighted by atomic mass is 79.9. The first-order chi connectivity index (χ1) is 6.37. The Morgan fingerprint density at radius 2 is 2.07 bits per heavy atom. The Morgan fingerprint density at radius 3 is 2.47 bits per heavy atom. The van der Waals surface area contributed by atoms with Crippen LogP contribution in [0.25, 0.3) is 0 Å². The molecule has 4 nitrogen and oxygen atoms in total. The number of aliphatic hydroxyl groups excluding tert-OH is 1. The summed E-state index contributed by atoms with van der Waals surface area (Å²) < 4.78 is 5.44. The van der Waals surface area contributed by atoms with E-state index in [0.717, 1.165) is 0 Å². The molecular weight excluding hydrogens is 262 g/mol. The van der Waals surface area contributed by atoms with Gasteiger partial charge in [0.05, 0.1) is 14.1 Å². The van der Waals surface area contributed by atoms with E-state index < -0.39 is 6.10 Å². The Morgan fingerprint density at radius 1 is 1.53 bits per heavy atom. The minimum atomic E-state index is -0.398.